The van der Waals surface area contributed by atoms with Crippen LogP contribution in [-0.4, -0.2) is 32.0 Å². The largest absolute Gasteiger partial charge is 0.464 e. The highest BCUT2D eigenvalue weighted by molar-refractivity contribution is 7.92. The maximum atomic E-state index is 12.0. The standard InChI is InChI=1S/C16H20N2O4S/c1-11-9-22-14-5-4-12(8-13(11)14)18-15(19)17-10-16(6-3-7-16)23(2,20)21/h4-5,8-9H,3,6-7,10H2,1-2H3,(H2,17,18,19). The number of anilines is 1. The van der Waals surface area contributed by atoms with Gasteiger partial charge in [-0.1, -0.05) is 6.42 Å². The van der Waals surface area contributed by atoms with Crippen molar-refractivity contribution in [1.29, 1.82) is 0 Å². The Balaban J connectivity index is 1.65. The number of fused-ring (bicyclic) bond motifs is 1. The molecule has 2 aromatic rings. The molecule has 0 bridgehead atoms. The lowest BCUT2D eigenvalue weighted by molar-refractivity contribution is 0.246. The van der Waals surface area contributed by atoms with Crippen LogP contribution in [0.25, 0.3) is 11.0 Å². The zero-order chi connectivity index (χ0) is 16.7. The Morgan fingerprint density at radius 1 is 1.35 bits per heavy atom. The number of aryl methyl sites for hydroxylation is 1. The van der Waals surface area contributed by atoms with E-state index in [4.69, 9.17) is 4.42 Å². The van der Waals surface area contributed by atoms with Crippen molar-refractivity contribution in [3.05, 3.63) is 30.0 Å². The van der Waals surface area contributed by atoms with Crippen LogP contribution in [0.2, 0.25) is 0 Å². The summed E-state index contributed by atoms with van der Waals surface area (Å²) in [5.41, 5.74) is 2.40. The van der Waals surface area contributed by atoms with Gasteiger partial charge in [-0.2, -0.15) is 0 Å². The average molecular weight is 336 g/mol. The predicted molar refractivity (Wildman–Crippen MR) is 89.4 cm³/mol. The molecule has 6 nitrogen and oxygen atoms in total. The van der Waals surface area contributed by atoms with E-state index in [0.717, 1.165) is 23.0 Å². The van der Waals surface area contributed by atoms with Crippen LogP contribution in [0.1, 0.15) is 24.8 Å². The fourth-order valence-corrected chi connectivity index (χ4v) is 4.27. The summed E-state index contributed by atoms with van der Waals surface area (Å²) in [6, 6.07) is 4.98. The number of furan rings is 1. The summed E-state index contributed by atoms with van der Waals surface area (Å²) in [6.07, 6.45) is 4.99. The molecule has 1 aromatic carbocycles. The van der Waals surface area contributed by atoms with Gasteiger partial charge < -0.3 is 15.1 Å². The van der Waals surface area contributed by atoms with Gasteiger partial charge in [0, 0.05) is 23.9 Å². The third-order valence-electron chi connectivity index (χ3n) is 4.65. The van der Waals surface area contributed by atoms with Gasteiger partial charge in [-0.3, -0.25) is 0 Å². The van der Waals surface area contributed by atoms with Crippen molar-refractivity contribution in [2.24, 2.45) is 0 Å². The SMILES string of the molecule is Cc1coc2ccc(NC(=O)NCC3(S(C)(=O)=O)CCC3)cc12. The van der Waals surface area contributed by atoms with Gasteiger partial charge in [-0.25, -0.2) is 13.2 Å². The van der Waals surface area contributed by atoms with Gasteiger partial charge in [0.15, 0.2) is 9.84 Å². The molecule has 3 rings (SSSR count). The van der Waals surface area contributed by atoms with E-state index in [-0.39, 0.29) is 6.54 Å². The molecule has 1 aliphatic carbocycles. The second-order valence-corrected chi connectivity index (χ2v) is 8.66. The quantitative estimate of drug-likeness (QED) is 0.898. The molecule has 2 N–H and O–H groups in total. The van der Waals surface area contributed by atoms with Crippen LogP contribution >= 0.6 is 0 Å². The monoisotopic (exact) mass is 336 g/mol. The highest BCUT2D eigenvalue weighted by Crippen LogP contribution is 2.38. The molecule has 0 atom stereocenters. The molecule has 0 unspecified atom stereocenters. The number of carbonyl (C=O) groups is 1. The Morgan fingerprint density at radius 2 is 2.09 bits per heavy atom. The molecule has 124 valence electrons. The zero-order valence-electron chi connectivity index (χ0n) is 13.2. The summed E-state index contributed by atoms with van der Waals surface area (Å²) in [5, 5.41) is 6.36. The van der Waals surface area contributed by atoms with E-state index in [1.807, 2.05) is 13.0 Å². The third-order valence-corrected chi connectivity index (χ3v) is 6.77. The average Bonchev–Trinajstić information content (AvgIpc) is 2.77. The Kier molecular flexibility index (Phi) is 3.83. The van der Waals surface area contributed by atoms with Crippen LogP contribution in [-0.2, 0) is 9.84 Å². The van der Waals surface area contributed by atoms with Crippen molar-refractivity contribution in [1.82, 2.24) is 5.32 Å². The van der Waals surface area contributed by atoms with E-state index in [2.05, 4.69) is 10.6 Å². The second-order valence-electron chi connectivity index (χ2n) is 6.25. The molecular formula is C16H20N2O4S. The van der Waals surface area contributed by atoms with Gasteiger partial charge in [0.05, 0.1) is 11.0 Å². The van der Waals surface area contributed by atoms with Crippen LogP contribution in [0.4, 0.5) is 10.5 Å². The number of hydrogen-bond acceptors (Lipinski definition) is 4. The van der Waals surface area contributed by atoms with Gasteiger partial charge in [0.25, 0.3) is 0 Å². The fraction of sp³-hybridized carbons (Fsp3) is 0.438. The predicted octanol–water partition coefficient (Wildman–Crippen LogP) is 2.83. The number of nitrogens with one attached hydrogen (secondary N) is 2. The molecule has 1 aliphatic rings. The van der Waals surface area contributed by atoms with Crippen LogP contribution in [0.3, 0.4) is 0 Å². The Bertz CT molecular complexity index is 850. The van der Waals surface area contributed by atoms with Crippen molar-refractivity contribution >= 4 is 32.5 Å². The van der Waals surface area contributed by atoms with Crippen molar-refractivity contribution in [3.8, 4) is 0 Å². The van der Waals surface area contributed by atoms with E-state index < -0.39 is 20.6 Å². The first-order valence-corrected chi connectivity index (χ1v) is 9.42. The first kappa shape index (κ1) is 15.9. The molecule has 1 heterocycles. The lowest BCUT2D eigenvalue weighted by Crippen LogP contribution is -2.53. The number of sulfone groups is 1. The summed E-state index contributed by atoms with van der Waals surface area (Å²) >= 11 is 0. The molecular weight excluding hydrogens is 316 g/mol. The Hall–Kier alpha value is -2.02. The Labute approximate surface area is 135 Å². The zero-order valence-corrected chi connectivity index (χ0v) is 14.0. The molecule has 0 spiro atoms. The maximum Gasteiger partial charge on any atom is 0.319 e. The lowest BCUT2D eigenvalue weighted by Gasteiger charge is -2.39. The number of urea groups is 1. The smallest absolute Gasteiger partial charge is 0.319 e. The number of benzene rings is 1. The lowest BCUT2D eigenvalue weighted by atomic mass is 9.84. The Morgan fingerprint density at radius 3 is 2.70 bits per heavy atom. The van der Waals surface area contributed by atoms with E-state index in [0.29, 0.717) is 18.5 Å². The third kappa shape index (κ3) is 2.93. The fourth-order valence-electron chi connectivity index (χ4n) is 2.90. The van der Waals surface area contributed by atoms with E-state index in [1.165, 1.54) is 6.26 Å². The van der Waals surface area contributed by atoms with Gasteiger partial charge in [-0.15, -0.1) is 0 Å². The minimum Gasteiger partial charge on any atom is -0.464 e. The molecule has 2 amide bonds. The summed E-state index contributed by atoms with van der Waals surface area (Å²) in [7, 11) is -3.18. The molecule has 1 fully saturated rings. The first-order valence-electron chi connectivity index (χ1n) is 7.53. The molecule has 1 saturated carbocycles. The number of rotatable bonds is 4. The highest BCUT2D eigenvalue weighted by Gasteiger charge is 2.46. The molecule has 0 saturated heterocycles. The van der Waals surface area contributed by atoms with Crippen LogP contribution in [0.5, 0.6) is 0 Å². The molecule has 23 heavy (non-hydrogen) atoms. The van der Waals surface area contributed by atoms with Crippen molar-refractivity contribution in [2.45, 2.75) is 30.9 Å². The topological polar surface area (TPSA) is 88.4 Å². The summed E-state index contributed by atoms with van der Waals surface area (Å²) in [6.45, 7) is 2.08. The van der Waals surface area contributed by atoms with Crippen LogP contribution in [0, 0.1) is 6.92 Å². The van der Waals surface area contributed by atoms with Gasteiger partial charge in [0.1, 0.15) is 5.58 Å². The highest BCUT2D eigenvalue weighted by atomic mass is 32.2. The minimum atomic E-state index is -3.18. The number of hydrogen-bond donors (Lipinski definition) is 2. The summed E-state index contributed by atoms with van der Waals surface area (Å²) in [4.78, 5) is 12.0. The van der Waals surface area contributed by atoms with Crippen LogP contribution < -0.4 is 10.6 Å². The number of carbonyl (C=O) groups excluding carboxylic acids is 1. The summed E-state index contributed by atoms with van der Waals surface area (Å²) in [5.74, 6) is 0. The minimum absolute atomic E-state index is 0.144. The summed E-state index contributed by atoms with van der Waals surface area (Å²) < 4.78 is 28.3. The van der Waals surface area contributed by atoms with E-state index in [1.54, 1.807) is 18.4 Å². The van der Waals surface area contributed by atoms with Crippen LogP contribution in [0.15, 0.2) is 28.9 Å². The van der Waals surface area contributed by atoms with E-state index in [9.17, 15) is 13.2 Å². The van der Waals surface area contributed by atoms with Crippen molar-refractivity contribution in [3.63, 3.8) is 0 Å². The first-order chi connectivity index (χ1) is 10.8. The van der Waals surface area contributed by atoms with Gasteiger partial charge >= 0.3 is 6.03 Å². The van der Waals surface area contributed by atoms with Crippen molar-refractivity contribution in [2.75, 3.05) is 18.1 Å². The molecule has 0 aliphatic heterocycles. The van der Waals surface area contributed by atoms with Gasteiger partial charge in [-0.05, 0) is 43.5 Å². The van der Waals surface area contributed by atoms with Crippen molar-refractivity contribution < 1.29 is 17.6 Å². The second kappa shape index (κ2) is 5.56. The molecule has 7 heteroatoms. The van der Waals surface area contributed by atoms with Gasteiger partial charge in [0.2, 0.25) is 0 Å². The normalized spacial score (nSPS) is 16.8. The molecule has 0 radical (unpaired) electrons. The molecule has 1 aromatic heterocycles. The van der Waals surface area contributed by atoms with E-state index >= 15 is 0 Å². The maximum absolute atomic E-state index is 12.0. The number of amides is 2.